The van der Waals surface area contributed by atoms with E-state index in [1.807, 2.05) is 23.5 Å². The van der Waals surface area contributed by atoms with Gasteiger partial charge in [0.2, 0.25) is 0 Å². The molecule has 1 aliphatic rings. The summed E-state index contributed by atoms with van der Waals surface area (Å²) in [6.07, 6.45) is 0. The zero-order valence-corrected chi connectivity index (χ0v) is 31.5. The zero-order chi connectivity index (χ0) is 37.5. The van der Waals surface area contributed by atoms with Gasteiger partial charge in [-0.05, 0) is 57.6 Å². The Hall–Kier alpha value is -7.14. The van der Waals surface area contributed by atoms with Crippen LogP contribution in [0.4, 0.5) is 0 Å². The molecule has 12 rings (SSSR count). The minimum Gasteiger partial charge on any atom is -0.455 e. The zero-order valence-electron chi connectivity index (χ0n) is 30.7. The van der Waals surface area contributed by atoms with Crippen molar-refractivity contribution < 1.29 is 4.42 Å². The van der Waals surface area contributed by atoms with Crippen molar-refractivity contribution in [3.05, 3.63) is 216 Å². The molecule has 1 aliphatic carbocycles. The van der Waals surface area contributed by atoms with Crippen LogP contribution in [-0.4, -0.2) is 9.97 Å². The Morgan fingerprint density at radius 1 is 0.421 bits per heavy atom. The smallest absolute Gasteiger partial charge is 0.161 e. The number of hydrogen-bond donors (Lipinski definition) is 0. The summed E-state index contributed by atoms with van der Waals surface area (Å²) in [5, 5.41) is 4.66. The molecular weight excluding hydrogens is 713 g/mol. The van der Waals surface area contributed by atoms with E-state index in [1.54, 1.807) is 0 Å². The first kappa shape index (κ1) is 32.1. The van der Waals surface area contributed by atoms with Crippen molar-refractivity contribution in [3.63, 3.8) is 0 Å². The molecule has 11 aromatic rings. The Morgan fingerprint density at radius 3 is 1.79 bits per heavy atom. The van der Waals surface area contributed by atoms with Crippen LogP contribution in [0.15, 0.2) is 199 Å². The highest BCUT2D eigenvalue weighted by molar-refractivity contribution is 7.26. The number of aromatic nitrogens is 2. The molecule has 4 heteroatoms. The van der Waals surface area contributed by atoms with E-state index < -0.39 is 5.41 Å². The first-order valence-corrected chi connectivity index (χ1v) is 20.1. The maximum Gasteiger partial charge on any atom is 0.161 e. The Bertz CT molecular complexity index is 3190. The maximum absolute atomic E-state index is 6.63. The van der Waals surface area contributed by atoms with Gasteiger partial charge >= 0.3 is 0 Å². The first-order valence-electron chi connectivity index (χ1n) is 19.3. The van der Waals surface area contributed by atoms with Gasteiger partial charge in [-0.2, -0.15) is 0 Å². The summed E-state index contributed by atoms with van der Waals surface area (Å²) in [6, 6.07) is 69.4. The summed E-state index contributed by atoms with van der Waals surface area (Å²) in [5.74, 6) is 0.678. The van der Waals surface area contributed by atoms with Gasteiger partial charge in [0.05, 0.1) is 16.8 Å². The van der Waals surface area contributed by atoms with Crippen LogP contribution in [0.5, 0.6) is 0 Å². The lowest BCUT2D eigenvalue weighted by atomic mass is 9.67. The molecule has 0 N–H and O–H groups in total. The molecule has 0 saturated heterocycles. The van der Waals surface area contributed by atoms with Crippen molar-refractivity contribution in [1.82, 2.24) is 9.97 Å². The van der Waals surface area contributed by atoms with E-state index in [0.717, 1.165) is 55.6 Å². The lowest BCUT2D eigenvalue weighted by molar-refractivity contribution is 0.670. The number of fused-ring (bicyclic) bond motifs is 9. The van der Waals surface area contributed by atoms with Crippen LogP contribution in [0.1, 0.15) is 22.3 Å². The van der Waals surface area contributed by atoms with E-state index in [9.17, 15) is 0 Å². The van der Waals surface area contributed by atoms with E-state index >= 15 is 0 Å². The third kappa shape index (κ3) is 4.65. The Labute approximate surface area is 333 Å². The van der Waals surface area contributed by atoms with Gasteiger partial charge < -0.3 is 4.42 Å². The van der Waals surface area contributed by atoms with Gasteiger partial charge in [-0.1, -0.05) is 170 Å². The van der Waals surface area contributed by atoms with Gasteiger partial charge in [-0.15, -0.1) is 11.3 Å². The summed E-state index contributed by atoms with van der Waals surface area (Å²) in [4.78, 5) is 11.1. The second kappa shape index (κ2) is 12.4. The first-order chi connectivity index (χ1) is 28.3. The van der Waals surface area contributed by atoms with Gasteiger partial charge in [-0.25, -0.2) is 9.97 Å². The molecule has 266 valence electrons. The Balaban J connectivity index is 1.18. The monoisotopic (exact) mass is 744 g/mol. The van der Waals surface area contributed by atoms with Gasteiger partial charge in [0, 0.05) is 47.6 Å². The van der Waals surface area contributed by atoms with Crippen LogP contribution in [0.3, 0.4) is 0 Å². The standard InChI is InChI=1S/C53H32N2OS/c1-3-16-33(17-4-1)53(34-18-5-2-6-19-34)43-28-10-7-22-39(43)49-42(27-15-29-44(49)53)52-54-45(40-25-13-23-37-35-20-8-11-30-47(35)56-50(37)40)32-46(55-52)41-26-14-24-38-36-21-9-12-31-48(36)57-51(38)41/h1-32H. The molecule has 3 heterocycles. The number of furan rings is 1. The molecule has 8 aromatic carbocycles. The lowest BCUT2D eigenvalue weighted by Gasteiger charge is -2.33. The van der Waals surface area contributed by atoms with Crippen LogP contribution >= 0.6 is 11.3 Å². The summed E-state index contributed by atoms with van der Waals surface area (Å²) >= 11 is 1.82. The average molecular weight is 745 g/mol. The number of rotatable bonds is 5. The quantitative estimate of drug-likeness (QED) is 0.176. The highest BCUT2D eigenvalue weighted by Crippen LogP contribution is 2.58. The van der Waals surface area contributed by atoms with Crippen molar-refractivity contribution in [1.29, 1.82) is 0 Å². The van der Waals surface area contributed by atoms with Crippen molar-refractivity contribution in [2.75, 3.05) is 0 Å². The molecule has 0 radical (unpaired) electrons. The normalized spacial score (nSPS) is 13.1. The van der Waals surface area contributed by atoms with Crippen LogP contribution < -0.4 is 0 Å². The number of nitrogens with zero attached hydrogens (tertiary/aromatic N) is 2. The minimum atomic E-state index is -0.534. The summed E-state index contributed by atoms with van der Waals surface area (Å²) in [6.45, 7) is 0. The molecule has 0 amide bonds. The molecule has 57 heavy (non-hydrogen) atoms. The second-order valence-electron chi connectivity index (χ2n) is 14.8. The highest BCUT2D eigenvalue weighted by atomic mass is 32.1. The Kier molecular flexibility index (Phi) is 7.01. The van der Waals surface area contributed by atoms with Crippen molar-refractivity contribution in [3.8, 4) is 45.0 Å². The molecule has 0 spiro atoms. The summed E-state index contributed by atoms with van der Waals surface area (Å²) < 4.78 is 9.10. The highest BCUT2D eigenvalue weighted by Gasteiger charge is 2.47. The van der Waals surface area contributed by atoms with Gasteiger partial charge in [-0.3, -0.25) is 0 Å². The molecule has 0 bridgehead atoms. The molecule has 0 atom stereocenters. The van der Waals surface area contributed by atoms with E-state index in [0.29, 0.717) is 5.82 Å². The number of hydrogen-bond acceptors (Lipinski definition) is 4. The number of benzene rings is 8. The van der Waals surface area contributed by atoms with Crippen LogP contribution in [0.25, 0.3) is 87.1 Å². The third-order valence-corrected chi connectivity index (χ3v) is 13.0. The number of thiophene rings is 1. The fourth-order valence-electron chi connectivity index (χ4n) is 9.42. The van der Waals surface area contributed by atoms with Crippen LogP contribution in [0, 0.1) is 0 Å². The van der Waals surface area contributed by atoms with Gasteiger partial charge in [0.15, 0.2) is 5.82 Å². The molecule has 0 saturated carbocycles. The fraction of sp³-hybridized carbons (Fsp3) is 0.0189. The van der Waals surface area contributed by atoms with E-state index in [4.69, 9.17) is 14.4 Å². The molecule has 0 fully saturated rings. The van der Waals surface area contributed by atoms with Crippen molar-refractivity contribution in [2.24, 2.45) is 0 Å². The fourth-order valence-corrected chi connectivity index (χ4v) is 10.6. The molecule has 0 aliphatic heterocycles. The summed E-state index contributed by atoms with van der Waals surface area (Å²) in [5.41, 5.74) is 13.1. The molecule has 0 unspecified atom stereocenters. The van der Waals surface area contributed by atoms with E-state index in [1.165, 1.54) is 48.0 Å². The van der Waals surface area contributed by atoms with Gasteiger partial charge in [0.25, 0.3) is 0 Å². The minimum absolute atomic E-state index is 0.534. The number of para-hydroxylation sites is 2. The topological polar surface area (TPSA) is 38.9 Å². The van der Waals surface area contributed by atoms with E-state index in [-0.39, 0.29) is 0 Å². The van der Waals surface area contributed by atoms with Crippen molar-refractivity contribution >= 4 is 53.4 Å². The predicted molar refractivity (Wildman–Crippen MR) is 236 cm³/mol. The largest absolute Gasteiger partial charge is 0.455 e. The predicted octanol–water partition coefficient (Wildman–Crippen LogP) is 14.1. The van der Waals surface area contributed by atoms with Crippen LogP contribution in [0.2, 0.25) is 0 Å². The second-order valence-corrected chi connectivity index (χ2v) is 15.8. The summed E-state index contributed by atoms with van der Waals surface area (Å²) in [7, 11) is 0. The average Bonchev–Trinajstić information content (AvgIpc) is 3.95. The molecule has 3 nitrogen and oxygen atoms in total. The SMILES string of the molecule is c1ccc(C2(c3ccccc3)c3ccccc3-c3c(-c4nc(-c5cccc6c5oc5ccccc56)cc(-c5cccc6c5sc5ccccc56)n4)cccc32)cc1. The molecule has 3 aromatic heterocycles. The third-order valence-electron chi connectivity index (χ3n) is 11.8. The Morgan fingerprint density at radius 2 is 0.982 bits per heavy atom. The lowest BCUT2D eigenvalue weighted by Crippen LogP contribution is -2.28. The van der Waals surface area contributed by atoms with Crippen LogP contribution in [-0.2, 0) is 5.41 Å². The maximum atomic E-state index is 6.63. The van der Waals surface area contributed by atoms with Crippen molar-refractivity contribution in [2.45, 2.75) is 5.41 Å². The van der Waals surface area contributed by atoms with Gasteiger partial charge in [0.1, 0.15) is 11.2 Å². The molecular formula is C53H32N2OS. The van der Waals surface area contributed by atoms with E-state index in [2.05, 4.69) is 182 Å².